The first kappa shape index (κ1) is 18.0. The van der Waals surface area contributed by atoms with E-state index in [4.69, 9.17) is 5.73 Å². The Hall–Kier alpha value is -2.41. The van der Waals surface area contributed by atoms with E-state index in [2.05, 4.69) is 119 Å². The van der Waals surface area contributed by atoms with Crippen LogP contribution >= 0.6 is 20.8 Å². The van der Waals surface area contributed by atoms with Crippen molar-refractivity contribution in [1.82, 2.24) is 0 Å². The predicted octanol–water partition coefficient (Wildman–Crippen LogP) is 4.73. The Bertz CT molecular complexity index is 950. The van der Waals surface area contributed by atoms with Gasteiger partial charge in [-0.1, -0.05) is 0 Å². The first-order chi connectivity index (χ1) is 13.2. The summed E-state index contributed by atoms with van der Waals surface area (Å²) in [5.41, 5.74) is 7.40. The Balaban J connectivity index is 2.26. The number of hydrogen-bond donors (Lipinski definition) is 1. The molecule has 0 unspecified atom stereocenters. The molecule has 0 saturated carbocycles. The second kappa shape index (κ2) is 6.96. The molecule has 0 bridgehead atoms. The van der Waals surface area contributed by atoms with Crippen molar-refractivity contribution in [2.24, 2.45) is 0 Å². The Morgan fingerprint density at radius 3 is 1.19 bits per heavy atom. The summed E-state index contributed by atoms with van der Waals surface area (Å²) in [6.45, 7) is 0. The molecule has 27 heavy (non-hydrogen) atoms. The molecule has 0 atom stereocenters. The fraction of sp³-hybridized carbons (Fsp3) is 0. The van der Waals surface area contributed by atoms with Crippen LogP contribution in [0.4, 0.5) is 5.69 Å². The Kier molecular flexibility index (Phi) is 4.63. The topological polar surface area (TPSA) is 26.0 Å². The van der Waals surface area contributed by atoms with Gasteiger partial charge in [0.25, 0.3) is 0 Å². The normalized spacial score (nSPS) is 12.9. The molecule has 0 radical (unpaired) electrons. The van der Waals surface area contributed by atoms with Gasteiger partial charge in [0.2, 0.25) is 0 Å². The number of rotatable bonds is 4. The van der Waals surface area contributed by atoms with Gasteiger partial charge in [-0.25, -0.2) is 0 Å². The van der Waals surface area contributed by atoms with E-state index in [9.17, 15) is 0 Å². The Labute approximate surface area is 168 Å². The minimum absolute atomic E-state index is 0.795. The molecule has 4 aromatic rings. The first-order valence-electron chi connectivity index (χ1n) is 8.91. The van der Waals surface area contributed by atoms with Crippen LogP contribution in [0, 0.1) is 0 Å². The Morgan fingerprint density at radius 1 is 0.481 bits per heavy atom. The van der Waals surface area contributed by atoms with E-state index < -0.39 is 5.31 Å². The molecule has 0 aliphatic rings. The van der Waals surface area contributed by atoms with Crippen molar-refractivity contribution in [2.45, 2.75) is 0 Å². The van der Waals surface area contributed by atoms with Gasteiger partial charge in [0.1, 0.15) is 0 Å². The van der Waals surface area contributed by atoms with Crippen LogP contribution in [-0.4, -0.2) is 0 Å². The summed E-state index contributed by atoms with van der Waals surface area (Å²) in [6, 6.07) is 40.2. The monoisotopic (exact) mass is 433 g/mol. The molecule has 2 N–H and O–H groups in total. The summed E-state index contributed by atoms with van der Waals surface area (Å²) < 4.78 is 0. The zero-order valence-corrected chi connectivity index (χ0v) is 17.4. The van der Waals surface area contributed by atoms with Gasteiger partial charge in [0, 0.05) is 0 Å². The molecular weight excluding hydrogens is 413 g/mol. The van der Waals surface area contributed by atoms with E-state index in [1.165, 1.54) is 15.9 Å². The molecule has 4 rings (SSSR count). The van der Waals surface area contributed by atoms with Gasteiger partial charge in [0.05, 0.1) is 0 Å². The zero-order valence-electron chi connectivity index (χ0n) is 14.9. The molecular formula is C24H21BrNP. The van der Waals surface area contributed by atoms with Crippen molar-refractivity contribution < 1.29 is 0 Å². The third-order valence-electron chi connectivity index (χ3n) is 5.11. The molecule has 134 valence electrons. The maximum atomic E-state index is 6.61. The van der Waals surface area contributed by atoms with Gasteiger partial charge in [-0.05, 0) is 0 Å². The molecule has 0 aliphatic carbocycles. The summed E-state index contributed by atoms with van der Waals surface area (Å²) in [4.78, 5) is 0. The van der Waals surface area contributed by atoms with Crippen LogP contribution in [0.5, 0.6) is 0 Å². The number of nitrogens with two attached hydrogens (primary N) is 1. The van der Waals surface area contributed by atoms with E-state index in [0.29, 0.717) is 0 Å². The molecule has 0 aromatic heterocycles. The summed E-state index contributed by atoms with van der Waals surface area (Å²) in [5.74, 6) is 0. The average molecular weight is 434 g/mol. The maximum absolute atomic E-state index is 6.61. The number of para-hydroxylation sites is 1. The van der Waals surface area contributed by atoms with Gasteiger partial charge in [0.15, 0.2) is 0 Å². The van der Waals surface area contributed by atoms with E-state index in [1.54, 1.807) is 0 Å². The van der Waals surface area contributed by atoms with Gasteiger partial charge in [-0.3, -0.25) is 0 Å². The second-order valence-corrected chi connectivity index (χ2v) is 14.9. The van der Waals surface area contributed by atoms with E-state index in [1.807, 2.05) is 12.1 Å². The molecule has 3 heteroatoms. The molecule has 0 spiro atoms. The van der Waals surface area contributed by atoms with Crippen LogP contribution in [0.15, 0.2) is 115 Å². The number of benzene rings is 4. The van der Waals surface area contributed by atoms with Crippen molar-refractivity contribution >= 4 is 47.7 Å². The van der Waals surface area contributed by atoms with Gasteiger partial charge < -0.3 is 0 Å². The van der Waals surface area contributed by atoms with Crippen LogP contribution in [0.25, 0.3) is 0 Å². The third kappa shape index (κ3) is 2.64. The number of halogens is 1. The van der Waals surface area contributed by atoms with Crippen molar-refractivity contribution in [2.75, 3.05) is 5.73 Å². The SMILES string of the molecule is Nc1ccccc1P(Br)(c1ccccc1)(c1ccccc1)c1ccccc1. The van der Waals surface area contributed by atoms with E-state index >= 15 is 0 Å². The Morgan fingerprint density at radius 2 is 0.815 bits per heavy atom. The summed E-state index contributed by atoms with van der Waals surface area (Å²) in [6.07, 6.45) is 0. The summed E-state index contributed by atoms with van der Waals surface area (Å²) in [5, 5.41) is 1.66. The quantitative estimate of drug-likeness (QED) is 0.365. The number of hydrogen-bond acceptors (Lipinski definition) is 1. The van der Waals surface area contributed by atoms with Crippen molar-refractivity contribution in [1.29, 1.82) is 0 Å². The van der Waals surface area contributed by atoms with Gasteiger partial charge >= 0.3 is 169 Å². The molecule has 0 aliphatic heterocycles. The van der Waals surface area contributed by atoms with Crippen LogP contribution < -0.4 is 27.0 Å². The molecule has 1 nitrogen and oxygen atoms in total. The summed E-state index contributed by atoms with van der Waals surface area (Å²) >= 11 is 4.43. The van der Waals surface area contributed by atoms with Crippen LogP contribution in [0.1, 0.15) is 0 Å². The number of anilines is 1. The molecule has 0 amide bonds. The predicted molar refractivity (Wildman–Crippen MR) is 125 cm³/mol. The molecule has 4 aromatic carbocycles. The van der Waals surface area contributed by atoms with Crippen molar-refractivity contribution in [3.8, 4) is 0 Å². The van der Waals surface area contributed by atoms with Gasteiger partial charge in [-0.2, -0.15) is 0 Å². The fourth-order valence-corrected chi connectivity index (χ4v) is 11.8. The van der Waals surface area contributed by atoms with Gasteiger partial charge in [-0.15, -0.1) is 0 Å². The molecule has 0 saturated heterocycles. The van der Waals surface area contributed by atoms with E-state index in [-0.39, 0.29) is 0 Å². The van der Waals surface area contributed by atoms with Crippen molar-refractivity contribution in [3.63, 3.8) is 0 Å². The van der Waals surface area contributed by atoms with Crippen molar-refractivity contribution in [3.05, 3.63) is 115 Å². The molecule has 0 heterocycles. The second-order valence-electron chi connectivity index (χ2n) is 6.57. The zero-order chi connectivity index (χ0) is 18.8. The average Bonchev–Trinajstić information content (AvgIpc) is 2.75. The fourth-order valence-electron chi connectivity index (χ4n) is 3.86. The third-order valence-corrected chi connectivity index (χ3v) is 15.1. The molecule has 0 fully saturated rings. The van der Waals surface area contributed by atoms with Crippen LogP contribution in [0.2, 0.25) is 0 Å². The minimum atomic E-state index is -3.18. The number of nitrogen functional groups attached to an aromatic ring is 1. The standard InChI is InChI=1S/C24H21BrNP/c25-27(20-12-4-1-5-13-20,21-14-6-2-7-15-21,22-16-8-3-9-17-22)24-19-11-10-18-23(24)26/h1-19H,26H2. The van der Waals surface area contributed by atoms with E-state index in [0.717, 1.165) is 11.0 Å². The van der Waals surface area contributed by atoms with Crippen LogP contribution in [0.3, 0.4) is 0 Å². The first-order valence-corrected chi connectivity index (χ1v) is 13.2. The van der Waals surface area contributed by atoms with Crippen LogP contribution in [-0.2, 0) is 0 Å². The summed E-state index contributed by atoms with van der Waals surface area (Å²) in [7, 11) is 0.